The molecule has 3 heterocycles. The Kier molecular flexibility index (Phi) is 3.71. The van der Waals surface area contributed by atoms with Crippen molar-refractivity contribution in [2.75, 3.05) is 0 Å². The summed E-state index contributed by atoms with van der Waals surface area (Å²) >= 11 is 3.36. The number of rotatable bonds is 1. The molecular weight excluding hydrogens is 296 g/mol. The Morgan fingerprint density at radius 1 is 1.14 bits per heavy atom. The fourth-order valence-corrected chi connectivity index (χ4v) is 3.46. The van der Waals surface area contributed by atoms with Crippen LogP contribution in [0.25, 0.3) is 10.7 Å². The highest BCUT2D eigenvalue weighted by molar-refractivity contribution is 7.16. The van der Waals surface area contributed by atoms with E-state index in [0.717, 1.165) is 21.1 Å². The maximum Gasteiger partial charge on any atom is 0.150 e. The van der Waals surface area contributed by atoms with E-state index >= 15 is 0 Å². The highest BCUT2D eigenvalue weighted by Crippen LogP contribution is 2.30. The maximum absolute atomic E-state index is 4.50. The van der Waals surface area contributed by atoms with Gasteiger partial charge in [-0.2, -0.15) is 11.3 Å². The molecule has 0 unspecified atom stereocenters. The predicted octanol–water partition coefficient (Wildman–Crippen LogP) is 4.83. The maximum atomic E-state index is 4.50. The Bertz CT molecular complexity index is 790. The van der Waals surface area contributed by atoms with Crippen LogP contribution in [0.5, 0.6) is 0 Å². The molecule has 106 valence electrons. The van der Waals surface area contributed by atoms with Crippen molar-refractivity contribution in [3.8, 4) is 22.5 Å². The molecule has 0 fully saturated rings. The molecule has 3 aromatic rings. The summed E-state index contributed by atoms with van der Waals surface area (Å²) in [6.07, 6.45) is 3.89. The van der Waals surface area contributed by atoms with Crippen LogP contribution in [-0.2, 0) is 5.54 Å². The van der Waals surface area contributed by atoms with Crippen LogP contribution in [0, 0.1) is 11.8 Å². The van der Waals surface area contributed by atoms with E-state index in [-0.39, 0.29) is 5.54 Å². The second kappa shape index (κ2) is 5.51. The monoisotopic (exact) mass is 312 g/mol. The quantitative estimate of drug-likeness (QED) is 0.589. The zero-order chi connectivity index (χ0) is 14.9. The zero-order valence-corrected chi connectivity index (χ0v) is 13.9. The first-order chi connectivity index (χ1) is 10.0. The molecule has 0 aliphatic heterocycles. The van der Waals surface area contributed by atoms with E-state index in [2.05, 4.69) is 59.7 Å². The van der Waals surface area contributed by atoms with Crippen molar-refractivity contribution in [2.45, 2.75) is 26.3 Å². The van der Waals surface area contributed by atoms with Crippen molar-refractivity contribution in [1.29, 1.82) is 0 Å². The first-order valence-electron chi connectivity index (χ1n) is 6.72. The van der Waals surface area contributed by atoms with E-state index in [9.17, 15) is 0 Å². The van der Waals surface area contributed by atoms with Crippen molar-refractivity contribution in [1.82, 2.24) is 9.55 Å². The summed E-state index contributed by atoms with van der Waals surface area (Å²) < 4.78 is 2.20. The van der Waals surface area contributed by atoms with Gasteiger partial charge in [-0.25, -0.2) is 4.98 Å². The van der Waals surface area contributed by atoms with Crippen molar-refractivity contribution in [2.24, 2.45) is 0 Å². The van der Waals surface area contributed by atoms with E-state index in [1.54, 1.807) is 22.7 Å². The summed E-state index contributed by atoms with van der Waals surface area (Å²) in [5, 5.41) is 4.11. The number of imidazole rings is 1. The lowest BCUT2D eigenvalue weighted by atomic mass is 10.1. The molecule has 0 saturated carbocycles. The highest BCUT2D eigenvalue weighted by atomic mass is 32.1. The fraction of sp³-hybridized carbons (Fsp3) is 0.235. The molecule has 0 spiro atoms. The van der Waals surface area contributed by atoms with Gasteiger partial charge in [0, 0.05) is 28.9 Å². The van der Waals surface area contributed by atoms with E-state index < -0.39 is 0 Å². The molecule has 0 radical (unpaired) electrons. The lowest BCUT2D eigenvalue weighted by molar-refractivity contribution is 0.401. The molecule has 0 amide bonds. The minimum absolute atomic E-state index is 0.0261. The van der Waals surface area contributed by atoms with E-state index in [0.29, 0.717) is 0 Å². The minimum Gasteiger partial charge on any atom is -0.325 e. The molecular formula is C17H16N2S2. The van der Waals surface area contributed by atoms with Crippen molar-refractivity contribution >= 4 is 22.7 Å². The van der Waals surface area contributed by atoms with Gasteiger partial charge in [-0.15, -0.1) is 11.3 Å². The largest absolute Gasteiger partial charge is 0.325 e. The van der Waals surface area contributed by atoms with Crippen LogP contribution in [-0.4, -0.2) is 9.55 Å². The van der Waals surface area contributed by atoms with Crippen LogP contribution in [0.1, 0.15) is 31.2 Å². The van der Waals surface area contributed by atoms with E-state index in [4.69, 9.17) is 0 Å². The van der Waals surface area contributed by atoms with Gasteiger partial charge < -0.3 is 4.57 Å². The summed E-state index contributed by atoms with van der Waals surface area (Å²) in [6, 6.07) is 6.21. The van der Waals surface area contributed by atoms with Crippen molar-refractivity contribution in [3.05, 3.63) is 51.8 Å². The van der Waals surface area contributed by atoms with Crippen LogP contribution in [0.4, 0.5) is 0 Å². The molecule has 3 aromatic heterocycles. The average molecular weight is 312 g/mol. The molecule has 3 rings (SSSR count). The normalized spacial score (nSPS) is 11.2. The number of aromatic nitrogens is 2. The molecule has 2 nitrogen and oxygen atoms in total. The lowest BCUT2D eigenvalue weighted by Gasteiger charge is -2.22. The molecule has 0 saturated heterocycles. The Labute approximate surface area is 133 Å². The molecule has 0 aromatic carbocycles. The summed E-state index contributed by atoms with van der Waals surface area (Å²) in [5.74, 6) is 7.42. The molecule has 0 bridgehead atoms. The fourth-order valence-electron chi connectivity index (χ4n) is 2.02. The number of thiophene rings is 2. The number of nitrogens with zero attached hydrogens (tertiary/aromatic N) is 2. The summed E-state index contributed by atoms with van der Waals surface area (Å²) in [5.41, 5.74) is 1.10. The van der Waals surface area contributed by atoms with Gasteiger partial charge >= 0.3 is 0 Å². The first-order valence-corrected chi connectivity index (χ1v) is 8.48. The third kappa shape index (κ3) is 3.10. The number of hydrogen-bond acceptors (Lipinski definition) is 3. The molecule has 21 heavy (non-hydrogen) atoms. The second-order valence-electron chi connectivity index (χ2n) is 5.72. The van der Waals surface area contributed by atoms with Crippen LogP contribution in [0.15, 0.2) is 41.4 Å². The van der Waals surface area contributed by atoms with Crippen molar-refractivity contribution < 1.29 is 0 Å². The van der Waals surface area contributed by atoms with Crippen molar-refractivity contribution in [3.63, 3.8) is 0 Å². The lowest BCUT2D eigenvalue weighted by Crippen LogP contribution is -2.21. The summed E-state index contributed by atoms with van der Waals surface area (Å²) in [6.45, 7) is 6.55. The van der Waals surface area contributed by atoms with Gasteiger partial charge in [0.15, 0.2) is 5.82 Å². The van der Waals surface area contributed by atoms with Crippen LogP contribution < -0.4 is 0 Å². The Hall–Kier alpha value is -1.83. The van der Waals surface area contributed by atoms with Gasteiger partial charge in [0.2, 0.25) is 0 Å². The van der Waals surface area contributed by atoms with Gasteiger partial charge in [0.05, 0.1) is 9.75 Å². The van der Waals surface area contributed by atoms with E-state index in [1.807, 2.05) is 23.8 Å². The minimum atomic E-state index is 0.0261. The van der Waals surface area contributed by atoms with Crippen LogP contribution in [0.2, 0.25) is 0 Å². The molecule has 0 atom stereocenters. The second-order valence-corrected chi connectivity index (χ2v) is 7.58. The van der Waals surface area contributed by atoms with Gasteiger partial charge in [-0.05, 0) is 44.4 Å². The third-order valence-corrected chi connectivity index (χ3v) is 4.72. The topological polar surface area (TPSA) is 17.8 Å². The number of hydrogen-bond donors (Lipinski definition) is 0. The third-order valence-electron chi connectivity index (χ3n) is 3.04. The predicted molar refractivity (Wildman–Crippen MR) is 90.8 cm³/mol. The van der Waals surface area contributed by atoms with Crippen LogP contribution in [0.3, 0.4) is 0 Å². The smallest absolute Gasteiger partial charge is 0.150 e. The van der Waals surface area contributed by atoms with Gasteiger partial charge in [-0.3, -0.25) is 0 Å². The highest BCUT2D eigenvalue weighted by Gasteiger charge is 2.18. The van der Waals surface area contributed by atoms with Gasteiger partial charge in [-0.1, -0.05) is 11.8 Å². The van der Waals surface area contributed by atoms with Crippen LogP contribution >= 0.6 is 22.7 Å². The molecule has 0 N–H and O–H groups in total. The summed E-state index contributed by atoms with van der Waals surface area (Å²) in [4.78, 5) is 6.73. The molecule has 4 heteroatoms. The standard InChI is InChI=1S/C17H16N2S2/c1-17(2,3)19-10-9-18-16(19)15-7-6-14(21-15)5-4-13-8-11-20-12-13/h6-12H,1-3H3. The SMILES string of the molecule is CC(C)(C)n1ccnc1-c1ccc(C#Cc2ccsc2)s1. The Morgan fingerprint density at radius 3 is 2.71 bits per heavy atom. The molecule has 0 aliphatic carbocycles. The van der Waals surface area contributed by atoms with E-state index in [1.165, 1.54) is 0 Å². The Morgan fingerprint density at radius 2 is 2.00 bits per heavy atom. The zero-order valence-electron chi connectivity index (χ0n) is 12.3. The van der Waals surface area contributed by atoms with Gasteiger partial charge in [0.1, 0.15) is 0 Å². The summed E-state index contributed by atoms with van der Waals surface area (Å²) in [7, 11) is 0. The molecule has 0 aliphatic rings. The first kappa shape index (κ1) is 14.1. The average Bonchev–Trinajstić information content (AvgIpc) is 3.16. The van der Waals surface area contributed by atoms with Gasteiger partial charge in [0.25, 0.3) is 0 Å². The Balaban J connectivity index is 1.91.